The van der Waals surface area contributed by atoms with Gasteiger partial charge in [-0.1, -0.05) is 0 Å². The van der Waals surface area contributed by atoms with Gasteiger partial charge in [0.15, 0.2) is 35.4 Å². The van der Waals surface area contributed by atoms with Crippen LogP contribution in [-0.2, 0) is 36.7 Å². The summed E-state index contributed by atoms with van der Waals surface area (Å²) in [5.41, 5.74) is 25.6. The number of ether oxygens (including phenoxy) is 2. The number of aromatic nitrogens is 8. The lowest BCUT2D eigenvalue weighted by Crippen LogP contribution is -2.43. The van der Waals surface area contributed by atoms with Gasteiger partial charge in [-0.25, -0.2) is 39.0 Å². The Morgan fingerprint density at radius 3 is 1.52 bits per heavy atom. The molecule has 0 saturated carbocycles. The first-order valence-electron chi connectivity index (χ1n) is 12.9. The molecule has 0 aromatic carbocycles. The van der Waals surface area contributed by atoms with E-state index in [4.69, 9.17) is 50.5 Å². The topological polar surface area (TPSA) is 321 Å². The van der Waals surface area contributed by atoms with E-state index in [1.54, 1.807) is 0 Å². The minimum absolute atomic E-state index is 0.102. The smallest absolute Gasteiger partial charge is 0.382 e. The molecule has 4 aromatic rings. The zero-order valence-corrected chi connectivity index (χ0v) is 24.1. The van der Waals surface area contributed by atoms with Crippen molar-refractivity contribution in [3.63, 3.8) is 0 Å². The molecule has 10 unspecified atom stereocenters. The summed E-state index contributed by atoms with van der Waals surface area (Å²) in [5.74, 6) is 0.203. The van der Waals surface area contributed by atoms with Crippen molar-refractivity contribution in [2.24, 2.45) is 11.5 Å². The lowest BCUT2D eigenvalue weighted by atomic mass is 10.1. The molecule has 4 aromatic heterocycles. The van der Waals surface area contributed by atoms with Gasteiger partial charge in [-0.05, 0) is 0 Å². The number of rotatable bonds is 2. The molecule has 0 radical (unpaired) electrons. The predicted molar refractivity (Wildman–Crippen MR) is 145 cm³/mol. The zero-order chi connectivity index (χ0) is 31.0. The highest BCUT2D eigenvalue weighted by atomic mass is 31.2. The third-order valence-corrected chi connectivity index (χ3v) is 9.39. The van der Waals surface area contributed by atoms with E-state index in [1.807, 2.05) is 0 Å². The van der Waals surface area contributed by atoms with E-state index in [2.05, 4.69) is 29.9 Å². The van der Waals surface area contributed by atoms with Crippen LogP contribution in [0.4, 0.5) is 11.6 Å². The molecule has 22 nitrogen and oxygen atoms in total. The first-order chi connectivity index (χ1) is 20.9. The summed E-state index contributed by atoms with van der Waals surface area (Å²) >= 11 is 0. The second kappa shape index (κ2) is 10.7. The van der Waals surface area contributed by atoms with Gasteiger partial charge in [0.1, 0.15) is 48.1 Å². The molecule has 3 fully saturated rings. The van der Waals surface area contributed by atoms with E-state index >= 15 is 0 Å². The third-order valence-electron chi connectivity index (χ3n) is 7.41. The summed E-state index contributed by atoms with van der Waals surface area (Å²) in [6, 6.07) is -2.30. The van der Waals surface area contributed by atoms with Crippen molar-refractivity contribution >= 4 is 49.6 Å². The largest absolute Gasteiger partial charge is 0.472 e. The van der Waals surface area contributed by atoms with Crippen molar-refractivity contribution in [3.05, 3.63) is 25.3 Å². The molecule has 3 aliphatic heterocycles. The minimum atomic E-state index is -4.88. The number of phosphoric ester groups is 2. The number of anilines is 2. The fraction of sp³-hybridized carbons (Fsp3) is 0.500. The molecule has 236 valence electrons. The summed E-state index contributed by atoms with van der Waals surface area (Å²) < 4.78 is 62.5. The van der Waals surface area contributed by atoms with E-state index < -0.39 is 77.8 Å². The Hall–Kier alpha value is -3.24. The predicted octanol–water partition coefficient (Wildman–Crippen LogP) is -1.70. The van der Waals surface area contributed by atoms with Gasteiger partial charge in [0, 0.05) is 0 Å². The molecule has 7 heterocycles. The number of nitrogens with two attached hydrogens (primary N) is 4. The van der Waals surface area contributed by atoms with Crippen molar-refractivity contribution in [3.8, 4) is 0 Å². The summed E-state index contributed by atoms with van der Waals surface area (Å²) in [6.45, 7) is -1.32. The standard InChI is InChI=1S/C20H26N12O10P2/c21-9-13-7(39-19(9)31-5-29-11-15(23)25-3-27-17(11)31)1-37-43(33,34)42-14-8(2-38-44(35,36)41-13)40-20(10(14)22)32-6-30-12-16(24)26-4-28-18(12)32/h3-10,13-14,19-20H,1-2,21-22H2,(H,33,34)(H,35,36)(H2,23,25,27)(H2,24,26,28). The molecular formula is C20H26N12O10P2. The third kappa shape index (κ3) is 5.04. The van der Waals surface area contributed by atoms with Crippen LogP contribution < -0.4 is 22.9 Å². The Bertz CT molecular complexity index is 1690. The van der Waals surface area contributed by atoms with Crippen LogP contribution in [0.2, 0.25) is 0 Å². The number of nitrogens with zero attached hydrogens (tertiary/aromatic N) is 8. The average molecular weight is 656 g/mol. The van der Waals surface area contributed by atoms with Crippen LogP contribution in [0.25, 0.3) is 22.3 Å². The SMILES string of the molecule is Nc1ncnc2c1ncn2C1OC2COP(=O)(O)OC3C(COP(=O)(O)OC2C1N)OC(n1cnc2c(N)ncnc21)C3N. The first-order valence-corrected chi connectivity index (χ1v) is 15.9. The molecule has 44 heavy (non-hydrogen) atoms. The highest BCUT2D eigenvalue weighted by molar-refractivity contribution is 7.47. The van der Waals surface area contributed by atoms with Crippen molar-refractivity contribution in [2.45, 2.75) is 49.0 Å². The fourth-order valence-corrected chi connectivity index (χ4v) is 7.34. The minimum Gasteiger partial charge on any atom is -0.382 e. The van der Waals surface area contributed by atoms with Gasteiger partial charge in [-0.15, -0.1) is 0 Å². The van der Waals surface area contributed by atoms with E-state index in [0.29, 0.717) is 0 Å². The highest BCUT2D eigenvalue weighted by Gasteiger charge is 2.53. The quantitative estimate of drug-likeness (QED) is 0.131. The van der Waals surface area contributed by atoms with Gasteiger partial charge in [0.2, 0.25) is 0 Å². The Kier molecular flexibility index (Phi) is 7.16. The maximum Gasteiger partial charge on any atom is 0.472 e. The van der Waals surface area contributed by atoms with Gasteiger partial charge < -0.3 is 42.2 Å². The van der Waals surface area contributed by atoms with E-state index in [1.165, 1.54) is 34.4 Å². The molecule has 0 aliphatic carbocycles. The van der Waals surface area contributed by atoms with Crippen LogP contribution in [0, 0.1) is 0 Å². The van der Waals surface area contributed by atoms with Gasteiger partial charge >= 0.3 is 15.6 Å². The highest BCUT2D eigenvalue weighted by Crippen LogP contribution is 2.53. The van der Waals surface area contributed by atoms with Crippen LogP contribution in [0.5, 0.6) is 0 Å². The molecular weight excluding hydrogens is 630 g/mol. The Morgan fingerprint density at radius 2 is 1.11 bits per heavy atom. The number of hydrogen-bond acceptors (Lipinski definition) is 18. The van der Waals surface area contributed by atoms with Crippen LogP contribution in [0.1, 0.15) is 12.5 Å². The first kappa shape index (κ1) is 29.5. The number of nitrogen functional groups attached to an aromatic ring is 2. The zero-order valence-electron chi connectivity index (χ0n) is 22.3. The number of fused-ring (bicyclic) bond motifs is 4. The average Bonchev–Trinajstić information content (AvgIpc) is 3.73. The number of imidazole rings is 2. The molecule has 3 aliphatic rings. The lowest BCUT2D eigenvalue weighted by Gasteiger charge is -2.28. The monoisotopic (exact) mass is 656 g/mol. The molecule has 10 atom stereocenters. The maximum atomic E-state index is 13.2. The van der Waals surface area contributed by atoms with Crippen LogP contribution in [0.3, 0.4) is 0 Å². The second-order valence-electron chi connectivity index (χ2n) is 10.1. The maximum absolute atomic E-state index is 13.2. The normalized spacial score (nSPS) is 38.3. The van der Waals surface area contributed by atoms with E-state index in [-0.39, 0.29) is 34.0 Å². The number of phosphoric acid groups is 2. The van der Waals surface area contributed by atoms with Crippen molar-refractivity contribution in [1.29, 1.82) is 0 Å². The molecule has 0 bridgehead atoms. The van der Waals surface area contributed by atoms with Gasteiger partial charge in [-0.2, -0.15) is 0 Å². The van der Waals surface area contributed by atoms with Gasteiger partial charge in [-0.3, -0.25) is 27.2 Å². The number of hydrogen-bond donors (Lipinski definition) is 6. The van der Waals surface area contributed by atoms with Crippen molar-refractivity contribution in [2.75, 3.05) is 24.7 Å². The lowest BCUT2D eigenvalue weighted by molar-refractivity contribution is -0.0661. The van der Waals surface area contributed by atoms with Crippen LogP contribution in [-0.4, -0.2) is 98.5 Å². The summed E-state index contributed by atoms with van der Waals surface area (Å²) in [7, 11) is -9.76. The molecule has 7 rings (SSSR count). The van der Waals surface area contributed by atoms with Gasteiger partial charge in [0.05, 0.1) is 38.0 Å². The Morgan fingerprint density at radius 1 is 0.705 bits per heavy atom. The molecule has 0 amide bonds. The molecule has 3 saturated heterocycles. The summed E-state index contributed by atoms with van der Waals surface area (Å²) in [5, 5.41) is 0. The fourth-order valence-electron chi connectivity index (χ4n) is 5.38. The molecule has 0 spiro atoms. The Balaban J connectivity index is 1.17. The van der Waals surface area contributed by atoms with Crippen molar-refractivity contribution in [1.82, 2.24) is 39.0 Å². The van der Waals surface area contributed by atoms with E-state index in [9.17, 15) is 18.9 Å². The van der Waals surface area contributed by atoms with Gasteiger partial charge in [0.25, 0.3) is 0 Å². The van der Waals surface area contributed by atoms with Crippen molar-refractivity contribution < 1.29 is 46.5 Å². The summed E-state index contributed by atoms with van der Waals surface area (Å²) in [6.07, 6.45) is -2.38. The Labute approximate surface area is 245 Å². The van der Waals surface area contributed by atoms with E-state index in [0.717, 1.165) is 0 Å². The molecule has 24 heteroatoms. The van der Waals surface area contributed by atoms with Crippen LogP contribution >= 0.6 is 15.6 Å². The second-order valence-corrected chi connectivity index (χ2v) is 12.9. The van der Waals surface area contributed by atoms with Crippen LogP contribution in [0.15, 0.2) is 25.3 Å². The molecule has 10 N–H and O–H groups in total. The summed E-state index contributed by atoms with van der Waals surface area (Å²) in [4.78, 5) is 45.8.